The number of hydrogen-bond acceptors (Lipinski definition) is 1. The predicted molar refractivity (Wildman–Crippen MR) is 37.7 cm³/mol. The second kappa shape index (κ2) is 2.26. The summed E-state index contributed by atoms with van der Waals surface area (Å²) in [5, 5.41) is 0. The number of rotatable bonds is 1. The minimum Gasteiger partial charge on any atom is -0.470 e. The second-order valence-corrected chi connectivity index (χ2v) is 2.68. The summed E-state index contributed by atoms with van der Waals surface area (Å²) in [7, 11) is 0. The van der Waals surface area contributed by atoms with Gasteiger partial charge in [0.2, 0.25) is 0 Å². The van der Waals surface area contributed by atoms with Crippen molar-refractivity contribution < 1.29 is 4.74 Å². The van der Waals surface area contributed by atoms with E-state index in [2.05, 4.69) is 20.4 Å². The summed E-state index contributed by atoms with van der Waals surface area (Å²) >= 11 is 0. The van der Waals surface area contributed by atoms with E-state index in [0.29, 0.717) is 11.8 Å². The lowest BCUT2D eigenvalue weighted by Gasteiger charge is -2.11. The third kappa shape index (κ3) is 1.15. The zero-order valence-electron chi connectivity index (χ0n) is 5.92. The van der Waals surface area contributed by atoms with Crippen molar-refractivity contribution in [1.29, 1.82) is 0 Å². The lowest BCUT2D eigenvalue weighted by atomic mass is 9.96. The van der Waals surface area contributed by atoms with Gasteiger partial charge in [-0.1, -0.05) is 20.4 Å². The molecule has 9 heavy (non-hydrogen) atoms. The van der Waals surface area contributed by atoms with E-state index in [1.165, 1.54) is 0 Å². The molecule has 0 aromatic rings. The molecule has 0 aromatic heterocycles. The van der Waals surface area contributed by atoms with Crippen LogP contribution in [-0.2, 0) is 4.74 Å². The summed E-state index contributed by atoms with van der Waals surface area (Å²) in [5.41, 5.74) is 0. The first kappa shape index (κ1) is 6.40. The summed E-state index contributed by atoms with van der Waals surface area (Å²) in [6, 6.07) is 0. The fourth-order valence-corrected chi connectivity index (χ4v) is 0.991. The fraction of sp³-hybridized carbons (Fsp3) is 0.500. The third-order valence-electron chi connectivity index (χ3n) is 1.60. The van der Waals surface area contributed by atoms with E-state index < -0.39 is 0 Å². The van der Waals surface area contributed by atoms with Gasteiger partial charge in [0.1, 0.15) is 5.76 Å². The van der Waals surface area contributed by atoms with Crippen molar-refractivity contribution in [2.45, 2.75) is 13.8 Å². The first-order valence-corrected chi connectivity index (χ1v) is 3.24. The van der Waals surface area contributed by atoms with E-state index in [4.69, 9.17) is 4.74 Å². The molecule has 0 N–H and O–H groups in total. The molecule has 1 atom stereocenters. The molecule has 1 aliphatic rings. The van der Waals surface area contributed by atoms with Gasteiger partial charge in [0.05, 0.1) is 6.26 Å². The third-order valence-corrected chi connectivity index (χ3v) is 1.60. The Morgan fingerprint density at radius 1 is 1.67 bits per heavy atom. The van der Waals surface area contributed by atoms with Gasteiger partial charge in [-0.05, 0) is 12.0 Å². The molecule has 0 radical (unpaired) electrons. The zero-order valence-corrected chi connectivity index (χ0v) is 5.92. The van der Waals surface area contributed by atoms with Crippen LogP contribution in [0.5, 0.6) is 0 Å². The van der Waals surface area contributed by atoms with Crippen LogP contribution in [0.25, 0.3) is 0 Å². The monoisotopic (exact) mass is 124 g/mol. The van der Waals surface area contributed by atoms with Crippen molar-refractivity contribution in [2.24, 2.45) is 11.8 Å². The molecule has 1 heterocycles. The summed E-state index contributed by atoms with van der Waals surface area (Å²) in [4.78, 5) is 0. The van der Waals surface area contributed by atoms with Crippen molar-refractivity contribution >= 4 is 0 Å². The topological polar surface area (TPSA) is 9.23 Å². The highest BCUT2D eigenvalue weighted by Crippen LogP contribution is 2.26. The molecule has 1 nitrogen and oxygen atoms in total. The van der Waals surface area contributed by atoms with Gasteiger partial charge in [-0.15, -0.1) is 0 Å². The van der Waals surface area contributed by atoms with E-state index in [9.17, 15) is 0 Å². The summed E-state index contributed by atoms with van der Waals surface area (Å²) in [6.07, 6.45) is 3.76. The summed E-state index contributed by atoms with van der Waals surface area (Å²) in [5.74, 6) is 1.92. The van der Waals surface area contributed by atoms with Crippen LogP contribution in [0.15, 0.2) is 24.7 Å². The van der Waals surface area contributed by atoms with Gasteiger partial charge in [0.15, 0.2) is 0 Å². The maximum Gasteiger partial charge on any atom is 0.103 e. The van der Waals surface area contributed by atoms with Crippen molar-refractivity contribution in [2.75, 3.05) is 0 Å². The highest BCUT2D eigenvalue weighted by atomic mass is 16.5. The van der Waals surface area contributed by atoms with Gasteiger partial charge in [-0.25, -0.2) is 0 Å². The molecule has 1 aliphatic heterocycles. The van der Waals surface area contributed by atoms with E-state index in [1.807, 2.05) is 6.08 Å². The molecule has 0 spiro atoms. The Bertz CT molecular complexity index is 145. The minimum atomic E-state index is 0.435. The van der Waals surface area contributed by atoms with Gasteiger partial charge < -0.3 is 4.74 Å². The molecule has 0 aliphatic carbocycles. The summed E-state index contributed by atoms with van der Waals surface area (Å²) < 4.78 is 5.05. The van der Waals surface area contributed by atoms with Gasteiger partial charge in [0.25, 0.3) is 0 Å². The molecule has 1 heteroatoms. The molecule has 0 amide bonds. The largest absolute Gasteiger partial charge is 0.470 e. The SMILES string of the molecule is C=C1OC=CC1C(C)C. The Labute approximate surface area is 56.0 Å². The van der Waals surface area contributed by atoms with E-state index >= 15 is 0 Å². The minimum absolute atomic E-state index is 0.435. The number of ether oxygens (including phenoxy) is 1. The molecule has 1 unspecified atom stereocenters. The van der Waals surface area contributed by atoms with Crippen LogP contribution in [0.2, 0.25) is 0 Å². The van der Waals surface area contributed by atoms with Crippen LogP contribution in [0.1, 0.15) is 13.8 Å². The Kier molecular flexibility index (Phi) is 1.60. The second-order valence-electron chi connectivity index (χ2n) is 2.68. The quantitative estimate of drug-likeness (QED) is 0.521. The smallest absolute Gasteiger partial charge is 0.103 e. The van der Waals surface area contributed by atoms with Crippen molar-refractivity contribution in [3.8, 4) is 0 Å². The number of hydrogen-bond donors (Lipinski definition) is 0. The first-order chi connectivity index (χ1) is 4.22. The van der Waals surface area contributed by atoms with Crippen molar-refractivity contribution in [3.05, 3.63) is 24.7 Å². The van der Waals surface area contributed by atoms with Gasteiger partial charge in [-0.2, -0.15) is 0 Å². The van der Waals surface area contributed by atoms with Gasteiger partial charge in [-0.3, -0.25) is 0 Å². The maximum absolute atomic E-state index is 5.05. The van der Waals surface area contributed by atoms with Gasteiger partial charge >= 0.3 is 0 Å². The van der Waals surface area contributed by atoms with E-state index in [1.54, 1.807) is 6.26 Å². The molecule has 0 fully saturated rings. The Balaban J connectivity index is 2.59. The fourth-order valence-electron chi connectivity index (χ4n) is 0.991. The van der Waals surface area contributed by atoms with Crippen LogP contribution in [0.4, 0.5) is 0 Å². The lowest BCUT2D eigenvalue weighted by Crippen LogP contribution is -2.04. The molecular weight excluding hydrogens is 112 g/mol. The molecular formula is C8H12O. The normalized spacial score (nSPS) is 25.2. The standard InChI is InChI=1S/C8H12O/c1-6(2)8-4-5-9-7(8)3/h4-6,8H,3H2,1-2H3. The molecule has 0 saturated heterocycles. The Hall–Kier alpha value is -0.720. The average molecular weight is 124 g/mol. The first-order valence-electron chi connectivity index (χ1n) is 3.24. The Morgan fingerprint density at radius 3 is 2.56 bits per heavy atom. The van der Waals surface area contributed by atoms with Crippen molar-refractivity contribution in [3.63, 3.8) is 0 Å². The van der Waals surface area contributed by atoms with Crippen LogP contribution in [-0.4, -0.2) is 0 Å². The average Bonchev–Trinajstić information content (AvgIpc) is 2.13. The maximum atomic E-state index is 5.05. The van der Waals surface area contributed by atoms with Crippen LogP contribution in [0, 0.1) is 11.8 Å². The van der Waals surface area contributed by atoms with Crippen LogP contribution >= 0.6 is 0 Å². The highest BCUT2D eigenvalue weighted by molar-refractivity contribution is 5.10. The predicted octanol–water partition coefficient (Wildman–Crippen LogP) is 2.32. The highest BCUT2D eigenvalue weighted by Gasteiger charge is 2.18. The number of allylic oxidation sites excluding steroid dienone is 1. The van der Waals surface area contributed by atoms with Crippen LogP contribution in [0.3, 0.4) is 0 Å². The molecule has 0 saturated carbocycles. The van der Waals surface area contributed by atoms with E-state index in [0.717, 1.165) is 5.76 Å². The lowest BCUT2D eigenvalue weighted by molar-refractivity contribution is 0.321. The zero-order chi connectivity index (χ0) is 6.85. The molecule has 0 bridgehead atoms. The summed E-state index contributed by atoms with van der Waals surface area (Å²) in [6.45, 7) is 8.10. The molecule has 1 rings (SSSR count). The molecule has 50 valence electrons. The Morgan fingerprint density at radius 2 is 2.33 bits per heavy atom. The van der Waals surface area contributed by atoms with Crippen molar-refractivity contribution in [1.82, 2.24) is 0 Å². The van der Waals surface area contributed by atoms with E-state index in [-0.39, 0.29) is 0 Å². The van der Waals surface area contributed by atoms with Gasteiger partial charge in [0, 0.05) is 5.92 Å². The molecule has 0 aromatic carbocycles. The van der Waals surface area contributed by atoms with Crippen LogP contribution < -0.4 is 0 Å².